The van der Waals surface area contributed by atoms with E-state index in [2.05, 4.69) is 23.7 Å². The van der Waals surface area contributed by atoms with Gasteiger partial charge in [-0.15, -0.1) is 0 Å². The van der Waals surface area contributed by atoms with E-state index < -0.39 is 5.97 Å². The molecule has 0 aliphatic carbocycles. The largest absolute Gasteiger partial charge is 0.497 e. The molecule has 1 aromatic heterocycles. The van der Waals surface area contributed by atoms with E-state index in [1.807, 2.05) is 38.1 Å². The van der Waals surface area contributed by atoms with Gasteiger partial charge in [0.1, 0.15) is 5.75 Å². The van der Waals surface area contributed by atoms with Crippen LogP contribution in [0.4, 0.5) is 0 Å². The number of hydrogen-bond acceptors (Lipinski definition) is 4. The summed E-state index contributed by atoms with van der Waals surface area (Å²) < 4.78 is 12.4. The normalized spacial score (nSPS) is 10.7. The molecule has 0 fully saturated rings. The fraction of sp³-hybridized carbons (Fsp3) is 0.400. The van der Waals surface area contributed by atoms with Crippen LogP contribution in [0, 0.1) is 13.8 Å². The molecule has 0 saturated heterocycles. The second-order valence-electron chi connectivity index (χ2n) is 6.45. The summed E-state index contributed by atoms with van der Waals surface area (Å²) in [5.41, 5.74) is 3.24. The molecule has 0 spiro atoms. The third-order valence-electron chi connectivity index (χ3n) is 4.18. The highest BCUT2D eigenvalue weighted by atomic mass is 16.5. The van der Waals surface area contributed by atoms with Crippen molar-refractivity contribution < 1.29 is 19.1 Å². The van der Waals surface area contributed by atoms with Crippen LogP contribution in [0.3, 0.4) is 0 Å². The first-order chi connectivity index (χ1) is 12.3. The van der Waals surface area contributed by atoms with Crippen molar-refractivity contribution in [3.8, 4) is 5.75 Å². The highest BCUT2D eigenvalue weighted by molar-refractivity contribution is 5.92. The molecule has 0 saturated carbocycles. The number of carbonyl (C=O) groups excluding carboxylic acids is 2. The van der Waals surface area contributed by atoms with E-state index in [1.165, 1.54) is 0 Å². The molecule has 6 nitrogen and oxygen atoms in total. The molecular weight excluding hydrogens is 332 g/mol. The average Bonchev–Trinajstić information content (AvgIpc) is 2.92. The number of aromatic nitrogens is 1. The van der Waals surface area contributed by atoms with E-state index in [9.17, 15) is 9.59 Å². The van der Waals surface area contributed by atoms with Gasteiger partial charge >= 0.3 is 5.97 Å². The maximum Gasteiger partial charge on any atom is 0.340 e. The number of hydrogen-bond donors (Lipinski definition) is 1. The third kappa shape index (κ3) is 4.65. The fourth-order valence-electron chi connectivity index (χ4n) is 3.02. The van der Waals surface area contributed by atoms with Crippen molar-refractivity contribution in [1.82, 2.24) is 9.88 Å². The molecule has 1 N–H and O–H groups in total. The van der Waals surface area contributed by atoms with Crippen LogP contribution >= 0.6 is 0 Å². The summed E-state index contributed by atoms with van der Waals surface area (Å²) in [5.74, 6) is -0.107. The predicted molar refractivity (Wildman–Crippen MR) is 99.4 cm³/mol. The summed E-state index contributed by atoms with van der Waals surface area (Å²) in [5, 5.41) is 2.73. The molecule has 1 aromatic carbocycles. The van der Waals surface area contributed by atoms with Gasteiger partial charge in [-0.1, -0.05) is 12.1 Å². The molecule has 0 atom stereocenters. The Kier molecular flexibility index (Phi) is 6.44. The molecule has 1 amide bonds. The molecule has 26 heavy (non-hydrogen) atoms. The first-order valence-corrected chi connectivity index (χ1v) is 8.58. The Morgan fingerprint density at radius 2 is 1.92 bits per heavy atom. The number of methoxy groups -OCH3 is 1. The molecular formula is C20H26N2O4. The molecule has 0 radical (unpaired) electrons. The third-order valence-corrected chi connectivity index (χ3v) is 4.18. The van der Waals surface area contributed by atoms with Gasteiger partial charge in [0.05, 0.1) is 12.7 Å². The Hall–Kier alpha value is -2.76. The number of amides is 1. The lowest BCUT2D eigenvalue weighted by Gasteiger charge is -2.13. The minimum absolute atomic E-state index is 0.253. The Bertz CT molecular complexity index is 793. The quantitative estimate of drug-likeness (QED) is 0.772. The smallest absolute Gasteiger partial charge is 0.340 e. The van der Waals surface area contributed by atoms with E-state index >= 15 is 0 Å². The summed E-state index contributed by atoms with van der Waals surface area (Å²) in [6.07, 6.45) is 0. The van der Waals surface area contributed by atoms with Gasteiger partial charge in [0.15, 0.2) is 6.61 Å². The molecule has 0 unspecified atom stereocenters. The van der Waals surface area contributed by atoms with Crippen molar-refractivity contribution in [2.75, 3.05) is 13.7 Å². The lowest BCUT2D eigenvalue weighted by atomic mass is 10.2. The van der Waals surface area contributed by atoms with Crippen LogP contribution in [0.2, 0.25) is 0 Å². The van der Waals surface area contributed by atoms with Gasteiger partial charge in [-0.3, -0.25) is 4.79 Å². The highest BCUT2D eigenvalue weighted by Crippen LogP contribution is 2.20. The monoisotopic (exact) mass is 358 g/mol. The Morgan fingerprint density at radius 3 is 2.54 bits per heavy atom. The zero-order valence-electron chi connectivity index (χ0n) is 16.0. The number of nitrogens with one attached hydrogen (secondary N) is 1. The van der Waals surface area contributed by atoms with Crippen molar-refractivity contribution in [2.45, 2.75) is 40.3 Å². The standard InChI is InChI=1S/C20H26N2O4/c1-13(2)22-14(3)9-18(15(22)4)20(24)26-12-19(23)21-11-16-7-6-8-17(10-16)25-5/h6-10,13H,11-12H2,1-5H3,(H,21,23). The number of carbonyl (C=O) groups is 2. The Balaban J connectivity index is 1.89. The summed E-state index contributed by atoms with van der Waals surface area (Å²) >= 11 is 0. The lowest BCUT2D eigenvalue weighted by molar-refractivity contribution is -0.124. The van der Waals surface area contributed by atoms with Gasteiger partial charge in [0.25, 0.3) is 5.91 Å². The maximum absolute atomic E-state index is 12.3. The number of benzene rings is 1. The first kappa shape index (κ1) is 19.6. The summed E-state index contributed by atoms with van der Waals surface area (Å²) in [7, 11) is 1.59. The van der Waals surface area contributed by atoms with Gasteiger partial charge in [0, 0.05) is 24.0 Å². The van der Waals surface area contributed by atoms with Crippen LogP contribution < -0.4 is 10.1 Å². The Labute approximate surface area is 154 Å². The van der Waals surface area contributed by atoms with E-state index in [1.54, 1.807) is 13.2 Å². The maximum atomic E-state index is 12.3. The van der Waals surface area contributed by atoms with Crippen molar-refractivity contribution in [3.05, 3.63) is 52.8 Å². The minimum atomic E-state index is -0.485. The second-order valence-corrected chi connectivity index (χ2v) is 6.45. The SMILES string of the molecule is COc1cccc(CNC(=O)COC(=O)c2cc(C)n(C(C)C)c2C)c1. The number of rotatable bonds is 7. The number of nitrogens with zero attached hydrogens (tertiary/aromatic N) is 1. The van der Waals surface area contributed by atoms with E-state index in [-0.39, 0.29) is 18.6 Å². The molecule has 0 aliphatic rings. The zero-order chi connectivity index (χ0) is 19.3. The highest BCUT2D eigenvalue weighted by Gasteiger charge is 2.19. The van der Waals surface area contributed by atoms with Crippen molar-refractivity contribution in [3.63, 3.8) is 0 Å². The van der Waals surface area contributed by atoms with Crippen molar-refractivity contribution in [2.24, 2.45) is 0 Å². The minimum Gasteiger partial charge on any atom is -0.497 e. The molecule has 0 bridgehead atoms. The summed E-state index contributed by atoms with van der Waals surface area (Å²) in [6, 6.07) is 9.46. The summed E-state index contributed by atoms with van der Waals surface area (Å²) in [4.78, 5) is 24.2. The number of aryl methyl sites for hydroxylation is 1. The van der Waals surface area contributed by atoms with Crippen LogP contribution in [0.1, 0.15) is 47.2 Å². The molecule has 6 heteroatoms. The van der Waals surface area contributed by atoms with Crippen molar-refractivity contribution >= 4 is 11.9 Å². The second kappa shape index (κ2) is 8.56. The summed E-state index contributed by atoms with van der Waals surface area (Å²) in [6.45, 7) is 7.98. The lowest BCUT2D eigenvalue weighted by Crippen LogP contribution is -2.28. The van der Waals surface area contributed by atoms with E-state index in [0.717, 1.165) is 22.7 Å². The van der Waals surface area contributed by atoms with Crippen LogP contribution in [-0.4, -0.2) is 30.2 Å². The number of ether oxygens (including phenoxy) is 2. The van der Waals surface area contributed by atoms with Gasteiger partial charge in [-0.2, -0.15) is 0 Å². The molecule has 2 aromatic rings. The molecule has 2 rings (SSSR count). The zero-order valence-corrected chi connectivity index (χ0v) is 16.0. The van der Waals surface area contributed by atoms with E-state index in [4.69, 9.17) is 9.47 Å². The van der Waals surface area contributed by atoms with Crippen LogP contribution in [0.5, 0.6) is 5.75 Å². The van der Waals surface area contributed by atoms with Gasteiger partial charge < -0.3 is 19.4 Å². The number of esters is 1. The molecule has 1 heterocycles. The van der Waals surface area contributed by atoms with Crippen molar-refractivity contribution in [1.29, 1.82) is 0 Å². The van der Waals surface area contributed by atoms with Crippen LogP contribution in [-0.2, 0) is 16.1 Å². The molecule has 140 valence electrons. The average molecular weight is 358 g/mol. The molecule has 0 aliphatic heterocycles. The van der Waals surface area contributed by atoms with E-state index in [0.29, 0.717) is 12.1 Å². The first-order valence-electron chi connectivity index (χ1n) is 8.58. The van der Waals surface area contributed by atoms with Gasteiger partial charge in [-0.25, -0.2) is 4.79 Å². The topological polar surface area (TPSA) is 69.6 Å². The van der Waals surface area contributed by atoms with Gasteiger partial charge in [0.2, 0.25) is 0 Å². The fourth-order valence-corrected chi connectivity index (χ4v) is 3.02. The van der Waals surface area contributed by atoms with Crippen LogP contribution in [0.25, 0.3) is 0 Å². The Morgan fingerprint density at radius 1 is 1.19 bits per heavy atom. The van der Waals surface area contributed by atoms with Gasteiger partial charge in [-0.05, 0) is 51.5 Å². The predicted octanol–water partition coefficient (Wildman–Crippen LogP) is 3.17. The van der Waals surface area contributed by atoms with Crippen LogP contribution in [0.15, 0.2) is 30.3 Å².